The van der Waals surface area contributed by atoms with Gasteiger partial charge in [0.25, 0.3) is 0 Å². The quantitative estimate of drug-likeness (QED) is 0.822. The minimum Gasteiger partial charge on any atom is -0.361 e. The van der Waals surface area contributed by atoms with Crippen molar-refractivity contribution in [1.82, 2.24) is 19.8 Å². The molecule has 0 radical (unpaired) electrons. The lowest BCUT2D eigenvalue weighted by atomic mass is 10.1. The van der Waals surface area contributed by atoms with Crippen LogP contribution in [0.4, 0.5) is 0 Å². The highest BCUT2D eigenvalue weighted by molar-refractivity contribution is 5.76. The average Bonchev–Trinajstić information content (AvgIpc) is 3.00. The molecule has 0 unspecified atom stereocenters. The summed E-state index contributed by atoms with van der Waals surface area (Å²) >= 11 is 0. The van der Waals surface area contributed by atoms with E-state index in [2.05, 4.69) is 10.3 Å². The van der Waals surface area contributed by atoms with Crippen molar-refractivity contribution in [3.05, 3.63) is 35.0 Å². The van der Waals surface area contributed by atoms with Gasteiger partial charge < -0.3 is 9.42 Å². The van der Waals surface area contributed by atoms with Crippen molar-refractivity contribution in [3.63, 3.8) is 0 Å². The van der Waals surface area contributed by atoms with Crippen molar-refractivity contribution < 1.29 is 9.32 Å². The predicted octanol–water partition coefficient (Wildman–Crippen LogP) is 2.39. The van der Waals surface area contributed by atoms with Gasteiger partial charge in [-0.1, -0.05) is 5.16 Å². The van der Waals surface area contributed by atoms with E-state index in [1.807, 2.05) is 45.8 Å². The molecule has 6 heteroatoms. The summed E-state index contributed by atoms with van der Waals surface area (Å²) in [7, 11) is 1.88. The van der Waals surface area contributed by atoms with E-state index < -0.39 is 0 Å². The maximum Gasteiger partial charge on any atom is 0.223 e. The Hall–Kier alpha value is -2.11. The van der Waals surface area contributed by atoms with Crippen molar-refractivity contribution in [2.75, 3.05) is 0 Å². The first kappa shape index (κ1) is 16.3. The van der Waals surface area contributed by atoms with Crippen LogP contribution in [-0.2, 0) is 24.8 Å². The molecule has 0 fully saturated rings. The summed E-state index contributed by atoms with van der Waals surface area (Å²) in [5.41, 5.74) is 2.95. The Morgan fingerprint density at radius 2 is 2.14 bits per heavy atom. The monoisotopic (exact) mass is 304 g/mol. The van der Waals surface area contributed by atoms with Gasteiger partial charge in [0, 0.05) is 43.4 Å². The molecule has 6 nitrogen and oxygen atoms in total. The fraction of sp³-hybridized carbons (Fsp3) is 0.562. The summed E-state index contributed by atoms with van der Waals surface area (Å²) in [6.45, 7) is 8.45. The maximum atomic E-state index is 12.6. The van der Waals surface area contributed by atoms with Crippen molar-refractivity contribution in [2.45, 2.75) is 53.1 Å². The lowest BCUT2D eigenvalue weighted by Crippen LogP contribution is -2.36. The Labute approximate surface area is 131 Å². The number of amides is 1. The van der Waals surface area contributed by atoms with Crippen LogP contribution in [0.5, 0.6) is 0 Å². The highest BCUT2D eigenvalue weighted by Gasteiger charge is 2.19. The number of hydrogen-bond acceptors (Lipinski definition) is 4. The number of aryl methyl sites for hydroxylation is 3. The van der Waals surface area contributed by atoms with Crippen LogP contribution in [0.3, 0.4) is 0 Å². The Morgan fingerprint density at radius 3 is 2.64 bits per heavy atom. The first-order valence-electron chi connectivity index (χ1n) is 7.57. The number of carbonyl (C=O) groups is 1. The second-order valence-corrected chi connectivity index (χ2v) is 5.94. The van der Waals surface area contributed by atoms with Crippen molar-refractivity contribution in [2.24, 2.45) is 7.05 Å². The first-order chi connectivity index (χ1) is 10.4. The third kappa shape index (κ3) is 3.75. The largest absolute Gasteiger partial charge is 0.361 e. The second-order valence-electron chi connectivity index (χ2n) is 5.94. The fourth-order valence-electron chi connectivity index (χ4n) is 2.54. The van der Waals surface area contributed by atoms with Crippen molar-refractivity contribution in [1.29, 1.82) is 0 Å². The molecule has 22 heavy (non-hydrogen) atoms. The van der Waals surface area contributed by atoms with Gasteiger partial charge in [-0.25, -0.2) is 0 Å². The molecule has 0 saturated carbocycles. The molecule has 2 rings (SSSR count). The second kappa shape index (κ2) is 6.77. The lowest BCUT2D eigenvalue weighted by molar-refractivity contribution is -0.133. The summed E-state index contributed by atoms with van der Waals surface area (Å²) in [5.74, 6) is 0.938. The topological polar surface area (TPSA) is 64.2 Å². The van der Waals surface area contributed by atoms with Crippen molar-refractivity contribution >= 4 is 5.91 Å². The predicted molar refractivity (Wildman–Crippen MR) is 83.2 cm³/mol. The van der Waals surface area contributed by atoms with Gasteiger partial charge in [-0.15, -0.1) is 0 Å². The van der Waals surface area contributed by atoms with Gasteiger partial charge in [-0.2, -0.15) is 5.10 Å². The van der Waals surface area contributed by atoms with E-state index in [-0.39, 0.29) is 11.9 Å². The number of rotatable bonds is 6. The molecule has 0 bridgehead atoms. The molecule has 2 aromatic heterocycles. The molecule has 0 atom stereocenters. The van der Waals surface area contributed by atoms with Gasteiger partial charge in [0.1, 0.15) is 5.76 Å². The van der Waals surface area contributed by atoms with E-state index in [9.17, 15) is 4.79 Å². The smallest absolute Gasteiger partial charge is 0.223 e. The minimum absolute atomic E-state index is 0.138. The average molecular weight is 304 g/mol. The zero-order valence-corrected chi connectivity index (χ0v) is 14.0. The molecule has 0 aliphatic carbocycles. The number of carbonyl (C=O) groups excluding carboxylic acids is 1. The SMILES string of the molecule is Cc1noc(C)c1CCC(=O)N(Cc1cnn(C)c1)C(C)C. The van der Waals surface area contributed by atoms with Crippen LogP contribution in [-0.4, -0.2) is 31.8 Å². The summed E-state index contributed by atoms with van der Waals surface area (Å²) in [6.07, 6.45) is 4.87. The molecule has 0 N–H and O–H groups in total. The Balaban J connectivity index is 2.01. The highest BCUT2D eigenvalue weighted by atomic mass is 16.5. The number of nitrogens with zero attached hydrogens (tertiary/aromatic N) is 4. The van der Waals surface area contributed by atoms with Crippen LogP contribution in [0, 0.1) is 13.8 Å². The number of hydrogen-bond donors (Lipinski definition) is 0. The van der Waals surface area contributed by atoms with Crippen LogP contribution < -0.4 is 0 Å². The molecule has 1 amide bonds. The molecule has 0 aliphatic rings. The summed E-state index contributed by atoms with van der Waals surface area (Å²) in [6, 6.07) is 0.150. The third-order valence-corrected chi connectivity index (χ3v) is 3.83. The Kier molecular flexibility index (Phi) is 5.00. The van der Waals surface area contributed by atoms with E-state index in [4.69, 9.17) is 4.52 Å². The summed E-state index contributed by atoms with van der Waals surface area (Å²) < 4.78 is 6.90. The normalized spacial score (nSPS) is 11.2. The number of aromatic nitrogens is 3. The van der Waals surface area contributed by atoms with Crippen LogP contribution in [0.25, 0.3) is 0 Å². The van der Waals surface area contributed by atoms with E-state index in [1.165, 1.54) is 0 Å². The van der Waals surface area contributed by atoms with Gasteiger partial charge in [-0.3, -0.25) is 9.48 Å². The third-order valence-electron chi connectivity index (χ3n) is 3.83. The Bertz CT molecular complexity index is 623. The van der Waals surface area contributed by atoms with Crippen molar-refractivity contribution in [3.8, 4) is 0 Å². The highest BCUT2D eigenvalue weighted by Crippen LogP contribution is 2.16. The van der Waals surface area contributed by atoms with Gasteiger partial charge in [0.05, 0.1) is 11.9 Å². The van der Waals surface area contributed by atoms with E-state index in [0.717, 1.165) is 22.6 Å². The van der Waals surface area contributed by atoms with E-state index in [1.54, 1.807) is 10.9 Å². The molecule has 120 valence electrons. The van der Waals surface area contributed by atoms with E-state index >= 15 is 0 Å². The van der Waals surface area contributed by atoms with Gasteiger partial charge in [-0.05, 0) is 34.1 Å². The molecular formula is C16H24N4O2. The standard InChI is InChI=1S/C16H24N4O2/c1-11(2)20(10-14-8-17-19(5)9-14)16(21)7-6-15-12(3)18-22-13(15)4/h8-9,11H,6-7,10H2,1-5H3. The molecule has 0 aromatic carbocycles. The minimum atomic E-state index is 0.138. The van der Waals surface area contributed by atoms with Gasteiger partial charge in [0.2, 0.25) is 5.91 Å². The van der Waals surface area contributed by atoms with Crippen LogP contribution >= 0.6 is 0 Å². The fourth-order valence-corrected chi connectivity index (χ4v) is 2.54. The molecule has 2 heterocycles. The lowest BCUT2D eigenvalue weighted by Gasteiger charge is -2.26. The molecule has 0 spiro atoms. The molecule has 2 aromatic rings. The molecular weight excluding hydrogens is 280 g/mol. The first-order valence-corrected chi connectivity index (χ1v) is 7.57. The van der Waals surface area contributed by atoms with Gasteiger partial charge >= 0.3 is 0 Å². The molecule has 0 saturated heterocycles. The summed E-state index contributed by atoms with van der Waals surface area (Å²) in [4.78, 5) is 14.4. The zero-order chi connectivity index (χ0) is 16.3. The maximum absolute atomic E-state index is 12.6. The molecule has 0 aliphatic heterocycles. The van der Waals surface area contributed by atoms with Crippen LogP contribution in [0.1, 0.15) is 42.8 Å². The van der Waals surface area contributed by atoms with E-state index in [0.29, 0.717) is 19.4 Å². The van der Waals surface area contributed by atoms with Crippen LogP contribution in [0.2, 0.25) is 0 Å². The van der Waals surface area contributed by atoms with Gasteiger partial charge in [0.15, 0.2) is 0 Å². The Morgan fingerprint density at radius 1 is 1.41 bits per heavy atom. The summed E-state index contributed by atoms with van der Waals surface area (Å²) in [5, 5.41) is 8.09. The zero-order valence-electron chi connectivity index (χ0n) is 14.0. The van der Waals surface area contributed by atoms with Crippen LogP contribution in [0.15, 0.2) is 16.9 Å².